The van der Waals surface area contributed by atoms with Crippen molar-refractivity contribution in [3.05, 3.63) is 0 Å². The molecule has 4 nitrogen and oxygen atoms in total. The summed E-state index contributed by atoms with van der Waals surface area (Å²) < 4.78 is 11.0. The summed E-state index contributed by atoms with van der Waals surface area (Å²) in [5.74, 6) is -0.778. The number of rotatable bonds is 7. The number of aliphatic carboxylic acids is 1. The van der Waals surface area contributed by atoms with Gasteiger partial charge in [-0.15, -0.1) is 0 Å². The number of hydrogen-bond donors (Lipinski definition) is 1. The molecule has 1 aliphatic rings. The van der Waals surface area contributed by atoms with Gasteiger partial charge in [-0.25, -0.2) is 0 Å². The van der Waals surface area contributed by atoms with Gasteiger partial charge in [0.1, 0.15) is 0 Å². The van der Waals surface area contributed by atoms with Crippen molar-refractivity contribution in [1.82, 2.24) is 0 Å². The van der Waals surface area contributed by atoms with E-state index < -0.39 is 11.6 Å². The highest BCUT2D eigenvalue weighted by Gasteiger charge is 2.39. The number of carboxylic acids is 1. The first-order valence-electron chi connectivity index (χ1n) is 5.51. The largest absolute Gasteiger partial charge is 0.481 e. The minimum Gasteiger partial charge on any atom is -0.481 e. The fraction of sp³-hybridized carbons (Fsp3) is 0.909. The molecule has 0 bridgehead atoms. The van der Waals surface area contributed by atoms with Crippen LogP contribution in [0.1, 0.15) is 39.5 Å². The van der Waals surface area contributed by atoms with Crippen LogP contribution in [-0.4, -0.2) is 36.0 Å². The van der Waals surface area contributed by atoms with Crippen LogP contribution in [0.15, 0.2) is 0 Å². The van der Waals surface area contributed by atoms with E-state index >= 15 is 0 Å². The van der Waals surface area contributed by atoms with Gasteiger partial charge in [-0.05, 0) is 33.1 Å². The van der Waals surface area contributed by atoms with E-state index in [4.69, 9.17) is 14.6 Å². The van der Waals surface area contributed by atoms with E-state index in [1.807, 2.05) is 13.8 Å². The van der Waals surface area contributed by atoms with E-state index in [0.29, 0.717) is 13.2 Å². The molecule has 0 radical (unpaired) electrons. The second-order valence-corrected chi connectivity index (χ2v) is 4.38. The van der Waals surface area contributed by atoms with Crippen molar-refractivity contribution in [1.29, 1.82) is 0 Å². The third-order valence-corrected chi connectivity index (χ3v) is 2.68. The molecule has 15 heavy (non-hydrogen) atoms. The van der Waals surface area contributed by atoms with Gasteiger partial charge in [0.25, 0.3) is 0 Å². The summed E-state index contributed by atoms with van der Waals surface area (Å²) in [7, 11) is 0. The molecule has 1 saturated carbocycles. The highest BCUT2D eigenvalue weighted by atomic mass is 16.5. The summed E-state index contributed by atoms with van der Waals surface area (Å²) in [6, 6.07) is 0. The van der Waals surface area contributed by atoms with Crippen molar-refractivity contribution in [3.63, 3.8) is 0 Å². The molecule has 0 spiro atoms. The number of ether oxygens (including phenoxy) is 2. The van der Waals surface area contributed by atoms with Gasteiger partial charge in [0, 0.05) is 0 Å². The van der Waals surface area contributed by atoms with Crippen LogP contribution in [0.25, 0.3) is 0 Å². The molecule has 0 unspecified atom stereocenters. The molecule has 0 aromatic carbocycles. The predicted octanol–water partition coefficient (Wildman–Crippen LogP) is 1.83. The first-order valence-corrected chi connectivity index (χ1v) is 5.51. The molecule has 0 atom stereocenters. The standard InChI is InChI=1S/C11H20O4/c1-9(2)14-6-7-15-11(4-3-5-11)8-10(12)13/h9H,3-8H2,1-2H3,(H,12,13). The van der Waals surface area contributed by atoms with Crippen LogP contribution in [0.4, 0.5) is 0 Å². The molecule has 1 rings (SSSR count). The maximum atomic E-state index is 10.6. The lowest BCUT2D eigenvalue weighted by molar-refractivity contribution is -0.157. The van der Waals surface area contributed by atoms with Crippen LogP contribution in [-0.2, 0) is 14.3 Å². The molecular weight excluding hydrogens is 196 g/mol. The molecular formula is C11H20O4. The van der Waals surface area contributed by atoms with Crippen molar-refractivity contribution in [2.75, 3.05) is 13.2 Å². The zero-order valence-corrected chi connectivity index (χ0v) is 9.49. The number of carbonyl (C=O) groups is 1. The van der Waals surface area contributed by atoms with Gasteiger partial charge in [0.05, 0.1) is 31.3 Å². The topological polar surface area (TPSA) is 55.8 Å². The summed E-state index contributed by atoms with van der Waals surface area (Å²) in [6.45, 7) is 4.97. The highest BCUT2D eigenvalue weighted by molar-refractivity contribution is 5.68. The predicted molar refractivity (Wildman–Crippen MR) is 55.9 cm³/mol. The maximum absolute atomic E-state index is 10.6. The van der Waals surface area contributed by atoms with Crippen LogP contribution in [0.5, 0.6) is 0 Å². The summed E-state index contributed by atoms with van der Waals surface area (Å²) in [4.78, 5) is 10.6. The molecule has 4 heteroatoms. The van der Waals surface area contributed by atoms with Crippen LogP contribution < -0.4 is 0 Å². The van der Waals surface area contributed by atoms with E-state index in [1.54, 1.807) is 0 Å². The van der Waals surface area contributed by atoms with Gasteiger partial charge >= 0.3 is 5.97 Å². The third kappa shape index (κ3) is 4.18. The van der Waals surface area contributed by atoms with Crippen LogP contribution in [0.3, 0.4) is 0 Å². The van der Waals surface area contributed by atoms with Crippen molar-refractivity contribution < 1.29 is 19.4 Å². The average Bonchev–Trinajstić information content (AvgIpc) is 2.06. The molecule has 0 aromatic heterocycles. The average molecular weight is 216 g/mol. The van der Waals surface area contributed by atoms with Crippen LogP contribution >= 0.6 is 0 Å². The Bertz CT molecular complexity index is 209. The van der Waals surface area contributed by atoms with Gasteiger partial charge in [-0.1, -0.05) is 0 Å². The quantitative estimate of drug-likeness (QED) is 0.659. The van der Waals surface area contributed by atoms with Gasteiger partial charge in [-0.3, -0.25) is 4.79 Å². The van der Waals surface area contributed by atoms with Crippen LogP contribution in [0.2, 0.25) is 0 Å². The molecule has 1 fully saturated rings. The zero-order valence-electron chi connectivity index (χ0n) is 9.49. The molecule has 0 amide bonds. The summed E-state index contributed by atoms with van der Waals surface area (Å²) in [5, 5.41) is 8.75. The van der Waals surface area contributed by atoms with Crippen molar-refractivity contribution >= 4 is 5.97 Å². The summed E-state index contributed by atoms with van der Waals surface area (Å²) in [6.07, 6.45) is 3.11. The third-order valence-electron chi connectivity index (χ3n) is 2.68. The van der Waals surface area contributed by atoms with Gasteiger partial charge in [0.15, 0.2) is 0 Å². The molecule has 88 valence electrons. The molecule has 0 heterocycles. The molecule has 0 aromatic rings. The van der Waals surface area contributed by atoms with E-state index in [0.717, 1.165) is 19.3 Å². The first kappa shape index (κ1) is 12.5. The molecule has 1 N–H and O–H groups in total. The summed E-state index contributed by atoms with van der Waals surface area (Å²) >= 11 is 0. The second kappa shape index (κ2) is 5.47. The van der Waals surface area contributed by atoms with E-state index in [9.17, 15) is 4.79 Å². The van der Waals surface area contributed by atoms with E-state index in [-0.39, 0.29) is 12.5 Å². The minimum atomic E-state index is -0.778. The number of hydrogen-bond acceptors (Lipinski definition) is 3. The molecule has 0 aliphatic heterocycles. The maximum Gasteiger partial charge on any atom is 0.306 e. The van der Waals surface area contributed by atoms with E-state index in [2.05, 4.69) is 0 Å². The van der Waals surface area contributed by atoms with Crippen molar-refractivity contribution in [2.45, 2.75) is 51.2 Å². The lowest BCUT2D eigenvalue weighted by atomic mass is 9.77. The molecule has 0 saturated heterocycles. The van der Waals surface area contributed by atoms with Gasteiger partial charge in [-0.2, -0.15) is 0 Å². The highest BCUT2D eigenvalue weighted by Crippen LogP contribution is 2.38. The SMILES string of the molecule is CC(C)OCCOC1(CC(=O)O)CCC1. The smallest absolute Gasteiger partial charge is 0.306 e. The molecule has 1 aliphatic carbocycles. The van der Waals surface area contributed by atoms with Gasteiger partial charge in [0.2, 0.25) is 0 Å². The normalized spacial score (nSPS) is 18.9. The lowest BCUT2D eigenvalue weighted by Crippen LogP contribution is -2.43. The Morgan fingerprint density at radius 2 is 2.07 bits per heavy atom. The Balaban J connectivity index is 2.19. The Morgan fingerprint density at radius 3 is 2.47 bits per heavy atom. The Labute approximate surface area is 90.6 Å². The van der Waals surface area contributed by atoms with Crippen LogP contribution in [0, 0.1) is 0 Å². The van der Waals surface area contributed by atoms with E-state index in [1.165, 1.54) is 0 Å². The zero-order chi connectivity index (χ0) is 11.3. The first-order chi connectivity index (χ1) is 7.04. The Kier molecular flexibility index (Phi) is 4.54. The van der Waals surface area contributed by atoms with Crippen molar-refractivity contribution in [2.24, 2.45) is 0 Å². The van der Waals surface area contributed by atoms with Crippen molar-refractivity contribution in [3.8, 4) is 0 Å². The Morgan fingerprint density at radius 1 is 1.40 bits per heavy atom. The number of carboxylic acid groups (broad SMARTS) is 1. The Hall–Kier alpha value is -0.610. The van der Waals surface area contributed by atoms with Gasteiger partial charge < -0.3 is 14.6 Å². The fourth-order valence-corrected chi connectivity index (χ4v) is 1.76. The summed E-state index contributed by atoms with van der Waals surface area (Å²) in [5.41, 5.74) is -0.397. The lowest BCUT2D eigenvalue weighted by Gasteiger charge is -2.40. The second-order valence-electron chi connectivity index (χ2n) is 4.38. The minimum absolute atomic E-state index is 0.120. The fourth-order valence-electron chi connectivity index (χ4n) is 1.76. The monoisotopic (exact) mass is 216 g/mol.